The van der Waals surface area contributed by atoms with Crippen LogP contribution >= 0.6 is 0 Å². The van der Waals surface area contributed by atoms with E-state index in [0.29, 0.717) is 18.0 Å². The number of hydrogen-bond donors (Lipinski definition) is 3. The van der Waals surface area contributed by atoms with Crippen LogP contribution in [0.3, 0.4) is 0 Å². The van der Waals surface area contributed by atoms with Gasteiger partial charge in [-0.1, -0.05) is 30.3 Å². The van der Waals surface area contributed by atoms with Crippen molar-refractivity contribution < 1.29 is 24.0 Å². The maximum atomic E-state index is 12.6. The van der Waals surface area contributed by atoms with Crippen LogP contribution in [0, 0.1) is 6.92 Å². The smallest absolute Gasteiger partial charge is 0.319 e. The lowest BCUT2D eigenvalue weighted by Crippen LogP contribution is -3.09. The van der Waals surface area contributed by atoms with Crippen LogP contribution in [0.5, 0.6) is 11.5 Å². The van der Waals surface area contributed by atoms with Crippen molar-refractivity contribution in [2.24, 2.45) is 5.73 Å². The molecule has 27 heavy (non-hydrogen) atoms. The molecule has 2 atom stereocenters. The van der Waals surface area contributed by atoms with Crippen LogP contribution in [0.2, 0.25) is 0 Å². The van der Waals surface area contributed by atoms with Crippen molar-refractivity contribution in [2.75, 3.05) is 21.3 Å². The molecule has 2 rings (SSSR count). The van der Waals surface area contributed by atoms with E-state index in [2.05, 4.69) is 5.32 Å². The minimum Gasteiger partial charge on any atom is -0.493 e. The summed E-state index contributed by atoms with van der Waals surface area (Å²) in [5.41, 5.74) is 7.98. The number of aryl methyl sites for hydroxylation is 1. The largest absolute Gasteiger partial charge is 0.493 e. The number of benzene rings is 2. The quantitative estimate of drug-likeness (QED) is 0.675. The van der Waals surface area contributed by atoms with Crippen LogP contribution in [-0.2, 0) is 11.3 Å². The van der Waals surface area contributed by atoms with E-state index in [9.17, 15) is 9.59 Å². The number of hydrogen-bond acceptors (Lipinski definition) is 4. The lowest BCUT2D eigenvalue weighted by atomic mass is 10.0. The molecule has 7 heteroatoms. The van der Waals surface area contributed by atoms with Crippen molar-refractivity contribution in [3.63, 3.8) is 0 Å². The average Bonchev–Trinajstić information content (AvgIpc) is 2.63. The molecule has 0 radical (unpaired) electrons. The summed E-state index contributed by atoms with van der Waals surface area (Å²) in [6.07, 6.45) is 0. The normalized spacial score (nSPS) is 12.7. The maximum absolute atomic E-state index is 12.6. The average molecular weight is 372 g/mol. The van der Waals surface area contributed by atoms with E-state index in [0.717, 1.165) is 21.6 Å². The highest BCUT2D eigenvalue weighted by Gasteiger charge is 2.30. The highest BCUT2D eigenvalue weighted by molar-refractivity contribution is 5.96. The lowest BCUT2D eigenvalue weighted by molar-refractivity contribution is -0.916. The zero-order valence-corrected chi connectivity index (χ0v) is 16.0. The molecule has 0 aliphatic carbocycles. The monoisotopic (exact) mass is 372 g/mol. The van der Waals surface area contributed by atoms with E-state index >= 15 is 0 Å². The van der Waals surface area contributed by atoms with Gasteiger partial charge < -0.3 is 20.1 Å². The Morgan fingerprint density at radius 3 is 2.26 bits per heavy atom. The van der Waals surface area contributed by atoms with Crippen LogP contribution in [0.15, 0.2) is 42.5 Å². The number of primary amides is 1. The molecule has 0 saturated heterocycles. The zero-order chi connectivity index (χ0) is 20.0. The number of carbonyl (C=O) groups is 2. The molecule has 0 bridgehead atoms. The molecule has 0 aromatic heterocycles. The molecular weight excluding hydrogens is 346 g/mol. The standard InChI is InChI=1S/C20H25N3O4/c1-13-10-16(26-3)17(27-4)11-15(13)12-23(2)18(19(24)22-20(21)25)14-8-6-5-7-9-14/h5-11,18H,12H2,1-4H3,(H3,21,22,24,25)/p+1/t18-/m1/s1. The third-order valence-electron chi connectivity index (χ3n) is 4.45. The first-order chi connectivity index (χ1) is 12.9. The summed E-state index contributed by atoms with van der Waals surface area (Å²) in [7, 11) is 5.07. The Hall–Kier alpha value is -3.06. The highest BCUT2D eigenvalue weighted by atomic mass is 16.5. The van der Waals surface area contributed by atoms with Crippen LogP contribution < -0.4 is 25.4 Å². The topological polar surface area (TPSA) is 95.1 Å². The van der Waals surface area contributed by atoms with Crippen LogP contribution in [0.1, 0.15) is 22.7 Å². The highest BCUT2D eigenvalue weighted by Crippen LogP contribution is 2.30. The number of quaternary nitrogens is 1. The van der Waals surface area contributed by atoms with Crippen molar-refractivity contribution in [2.45, 2.75) is 19.5 Å². The number of urea groups is 1. The summed E-state index contributed by atoms with van der Waals surface area (Å²) in [5, 5.41) is 2.20. The molecule has 4 N–H and O–H groups in total. The van der Waals surface area contributed by atoms with Gasteiger partial charge in [-0.05, 0) is 24.6 Å². The minimum atomic E-state index is -0.865. The third kappa shape index (κ3) is 4.98. The van der Waals surface area contributed by atoms with Gasteiger partial charge in [0.15, 0.2) is 17.5 Å². The first-order valence-electron chi connectivity index (χ1n) is 8.56. The second-order valence-electron chi connectivity index (χ2n) is 6.35. The van der Waals surface area contributed by atoms with Gasteiger partial charge in [0.05, 0.1) is 21.3 Å². The van der Waals surface area contributed by atoms with Crippen molar-refractivity contribution in [1.29, 1.82) is 0 Å². The molecule has 1 unspecified atom stereocenters. The zero-order valence-electron chi connectivity index (χ0n) is 16.0. The fourth-order valence-electron chi connectivity index (χ4n) is 3.11. The summed E-state index contributed by atoms with van der Waals surface area (Å²) in [6.45, 7) is 2.52. The van der Waals surface area contributed by atoms with Gasteiger partial charge >= 0.3 is 6.03 Å². The Morgan fingerprint density at radius 1 is 1.11 bits per heavy atom. The van der Waals surface area contributed by atoms with Crippen LogP contribution in [-0.4, -0.2) is 33.2 Å². The summed E-state index contributed by atoms with van der Waals surface area (Å²) in [5.74, 6) is 0.843. The SMILES string of the molecule is COc1cc(C)c(C[NH+](C)[C@@H](C(=O)NC(N)=O)c2ccccc2)cc1OC. The van der Waals surface area contributed by atoms with Gasteiger partial charge in [0.1, 0.15) is 6.54 Å². The fraction of sp³-hybridized carbons (Fsp3) is 0.300. The first kappa shape index (κ1) is 20.3. The number of nitrogens with two attached hydrogens (primary N) is 1. The van der Waals surface area contributed by atoms with Gasteiger partial charge in [-0.15, -0.1) is 0 Å². The summed E-state index contributed by atoms with van der Waals surface area (Å²) in [6, 6.07) is 11.7. The van der Waals surface area contributed by atoms with E-state index in [4.69, 9.17) is 15.2 Å². The van der Waals surface area contributed by atoms with E-state index in [-0.39, 0.29) is 0 Å². The Morgan fingerprint density at radius 2 is 1.70 bits per heavy atom. The predicted octanol–water partition coefficient (Wildman–Crippen LogP) is 0.963. The molecule has 0 saturated carbocycles. The number of imide groups is 1. The van der Waals surface area contributed by atoms with Gasteiger partial charge in [0, 0.05) is 11.1 Å². The number of carbonyl (C=O) groups excluding carboxylic acids is 2. The van der Waals surface area contributed by atoms with Gasteiger partial charge in [0.2, 0.25) is 0 Å². The van der Waals surface area contributed by atoms with E-state index in [1.165, 1.54) is 0 Å². The summed E-state index contributed by atoms with van der Waals surface area (Å²) in [4.78, 5) is 24.7. The van der Waals surface area contributed by atoms with Gasteiger partial charge in [0.25, 0.3) is 5.91 Å². The molecule has 0 fully saturated rings. The van der Waals surface area contributed by atoms with Gasteiger partial charge in [-0.25, -0.2) is 4.79 Å². The van der Waals surface area contributed by atoms with Crippen LogP contribution in [0.4, 0.5) is 4.79 Å². The molecule has 0 aliphatic rings. The number of likely N-dealkylation sites (N-methyl/N-ethyl adjacent to an activating group) is 1. The molecule has 2 aromatic carbocycles. The molecule has 0 spiro atoms. The molecule has 0 heterocycles. The Bertz CT molecular complexity index is 808. The lowest BCUT2D eigenvalue weighted by Gasteiger charge is -2.25. The van der Waals surface area contributed by atoms with Crippen molar-refractivity contribution in [3.8, 4) is 11.5 Å². The van der Waals surface area contributed by atoms with Gasteiger partial charge in [-0.3, -0.25) is 10.1 Å². The van der Waals surface area contributed by atoms with Crippen molar-refractivity contribution in [3.05, 3.63) is 59.2 Å². The van der Waals surface area contributed by atoms with Crippen molar-refractivity contribution >= 4 is 11.9 Å². The predicted molar refractivity (Wildman–Crippen MR) is 102 cm³/mol. The second-order valence-corrected chi connectivity index (χ2v) is 6.35. The molecule has 0 aliphatic heterocycles. The second kappa shape index (κ2) is 9.05. The Kier molecular flexibility index (Phi) is 6.79. The Labute approximate surface area is 159 Å². The molecule has 144 valence electrons. The number of ether oxygens (including phenoxy) is 2. The number of rotatable bonds is 7. The summed E-state index contributed by atoms with van der Waals surface area (Å²) < 4.78 is 10.7. The Balaban J connectivity index is 2.35. The fourth-order valence-corrected chi connectivity index (χ4v) is 3.11. The molecule has 7 nitrogen and oxygen atoms in total. The first-order valence-corrected chi connectivity index (χ1v) is 8.56. The van der Waals surface area contributed by atoms with Crippen LogP contribution in [0.25, 0.3) is 0 Å². The number of methoxy groups -OCH3 is 2. The molecule has 3 amide bonds. The van der Waals surface area contributed by atoms with Gasteiger partial charge in [-0.2, -0.15) is 0 Å². The van der Waals surface area contributed by atoms with Crippen molar-refractivity contribution in [1.82, 2.24) is 5.32 Å². The molecule has 2 aromatic rings. The third-order valence-corrected chi connectivity index (χ3v) is 4.45. The van der Waals surface area contributed by atoms with E-state index in [1.54, 1.807) is 14.2 Å². The number of amides is 3. The summed E-state index contributed by atoms with van der Waals surface area (Å²) >= 11 is 0. The maximum Gasteiger partial charge on any atom is 0.319 e. The minimum absolute atomic E-state index is 0.440. The number of nitrogens with one attached hydrogen (secondary N) is 2. The molecular formula is C20H26N3O4+. The van der Waals surface area contributed by atoms with E-state index < -0.39 is 18.0 Å². The van der Waals surface area contributed by atoms with E-state index in [1.807, 2.05) is 56.4 Å².